The van der Waals surface area contributed by atoms with E-state index in [-0.39, 0.29) is 23.9 Å². The molecule has 0 saturated carbocycles. The molecular formula is C19H25N7O2. The van der Waals surface area contributed by atoms with Gasteiger partial charge in [0.2, 0.25) is 5.91 Å². The highest BCUT2D eigenvalue weighted by Gasteiger charge is 2.33. The summed E-state index contributed by atoms with van der Waals surface area (Å²) in [6.07, 6.45) is 7.43. The molecule has 1 unspecified atom stereocenters. The number of nitrogens with zero attached hydrogens (tertiary/aromatic N) is 3. The second-order valence-electron chi connectivity index (χ2n) is 6.84. The van der Waals surface area contributed by atoms with Gasteiger partial charge in [0, 0.05) is 38.3 Å². The van der Waals surface area contributed by atoms with Gasteiger partial charge in [0.25, 0.3) is 5.91 Å². The lowest BCUT2D eigenvalue weighted by Gasteiger charge is -2.34. The number of rotatable bonds is 7. The Balaban J connectivity index is 1.50. The summed E-state index contributed by atoms with van der Waals surface area (Å²) in [5.74, 6) is 1.23. The zero-order chi connectivity index (χ0) is 19.9. The smallest absolute Gasteiger partial charge is 0.251 e. The Bertz CT molecular complexity index is 770. The van der Waals surface area contributed by atoms with Crippen LogP contribution in [0, 0.1) is 11.3 Å². The van der Waals surface area contributed by atoms with Crippen molar-refractivity contribution in [2.45, 2.75) is 37.8 Å². The molecule has 2 amide bonds. The molecule has 0 spiro atoms. The van der Waals surface area contributed by atoms with E-state index in [9.17, 15) is 9.59 Å². The van der Waals surface area contributed by atoms with Crippen molar-refractivity contribution in [1.82, 2.24) is 26.2 Å². The molecular weight excluding hydrogens is 358 g/mol. The number of hydrogen-bond acceptors (Lipinski definition) is 7. The monoisotopic (exact) mass is 383 g/mol. The molecule has 3 aliphatic heterocycles. The van der Waals surface area contributed by atoms with Crippen LogP contribution in [-0.4, -0.2) is 54.3 Å². The number of amidine groups is 1. The number of carbonyl (C=O) groups excluding carboxylic acids is 2. The molecule has 148 valence electrons. The van der Waals surface area contributed by atoms with Gasteiger partial charge in [-0.2, -0.15) is 5.26 Å². The number of unbranched alkanes of at least 4 members (excludes halogenated alkanes) is 1. The molecule has 4 N–H and O–H groups in total. The Kier molecular flexibility index (Phi) is 6.32. The molecule has 0 aromatic carbocycles. The number of amides is 2. The first-order chi connectivity index (χ1) is 13.6. The number of fused-ring (bicyclic) bond motifs is 1. The van der Waals surface area contributed by atoms with Gasteiger partial charge in [-0.05, 0) is 25.3 Å². The van der Waals surface area contributed by atoms with Gasteiger partial charge in [0.05, 0.1) is 17.8 Å². The van der Waals surface area contributed by atoms with Gasteiger partial charge in [-0.1, -0.05) is 6.58 Å². The molecule has 0 radical (unpaired) electrons. The Labute approximate surface area is 164 Å². The number of aliphatic imine (C=N–C) groups is 1. The minimum atomic E-state index is -0.328. The Morgan fingerprint density at radius 2 is 2.21 bits per heavy atom. The summed E-state index contributed by atoms with van der Waals surface area (Å²) in [5.41, 5.74) is 0.564. The van der Waals surface area contributed by atoms with E-state index in [1.54, 1.807) is 17.3 Å². The number of nitriles is 1. The van der Waals surface area contributed by atoms with Crippen molar-refractivity contribution in [2.24, 2.45) is 4.99 Å². The van der Waals surface area contributed by atoms with Crippen LogP contribution >= 0.6 is 0 Å². The SMILES string of the molecule is C=CC(=O)N1CCC(NC2=CN=C3NC=C(C(=O)NCCCC#N)C3N2)CC1. The van der Waals surface area contributed by atoms with Gasteiger partial charge in [0.1, 0.15) is 17.7 Å². The van der Waals surface area contributed by atoms with Gasteiger partial charge in [-0.3, -0.25) is 9.59 Å². The lowest BCUT2D eigenvalue weighted by molar-refractivity contribution is -0.127. The molecule has 0 aromatic heterocycles. The molecule has 28 heavy (non-hydrogen) atoms. The Morgan fingerprint density at radius 3 is 2.93 bits per heavy atom. The van der Waals surface area contributed by atoms with Crippen molar-refractivity contribution in [3.05, 3.63) is 36.4 Å². The number of nitrogens with one attached hydrogen (secondary N) is 4. The van der Waals surface area contributed by atoms with Crippen molar-refractivity contribution in [3.8, 4) is 6.07 Å². The van der Waals surface area contributed by atoms with Crippen LogP contribution in [0.2, 0.25) is 0 Å². The van der Waals surface area contributed by atoms with Gasteiger partial charge in [0.15, 0.2) is 0 Å². The van der Waals surface area contributed by atoms with Gasteiger partial charge < -0.3 is 26.2 Å². The van der Waals surface area contributed by atoms with E-state index in [2.05, 4.69) is 38.9 Å². The third-order valence-corrected chi connectivity index (χ3v) is 4.95. The Hall–Kier alpha value is -3.28. The topological polar surface area (TPSA) is 122 Å². The minimum absolute atomic E-state index is 0.0321. The van der Waals surface area contributed by atoms with Crippen LogP contribution in [0.4, 0.5) is 0 Å². The zero-order valence-corrected chi connectivity index (χ0v) is 15.7. The fourth-order valence-corrected chi connectivity index (χ4v) is 3.39. The van der Waals surface area contributed by atoms with E-state index in [0.29, 0.717) is 43.9 Å². The van der Waals surface area contributed by atoms with Crippen LogP contribution in [0.25, 0.3) is 0 Å². The fraction of sp³-hybridized carbons (Fsp3) is 0.474. The predicted octanol–water partition coefficient (Wildman–Crippen LogP) is -0.171. The van der Waals surface area contributed by atoms with Crippen LogP contribution in [0.3, 0.4) is 0 Å². The normalized spacial score (nSPS) is 21.0. The van der Waals surface area contributed by atoms with Crippen molar-refractivity contribution in [2.75, 3.05) is 19.6 Å². The first-order valence-electron chi connectivity index (χ1n) is 9.46. The number of likely N-dealkylation sites (tertiary alicyclic amines) is 1. The summed E-state index contributed by atoms with van der Waals surface area (Å²) < 4.78 is 0. The zero-order valence-electron chi connectivity index (χ0n) is 15.7. The lowest BCUT2D eigenvalue weighted by Crippen LogP contribution is -2.50. The summed E-state index contributed by atoms with van der Waals surface area (Å²) >= 11 is 0. The molecule has 3 aliphatic rings. The van der Waals surface area contributed by atoms with Crippen LogP contribution in [-0.2, 0) is 9.59 Å². The summed E-state index contributed by atoms with van der Waals surface area (Å²) in [4.78, 5) is 30.3. The molecule has 1 atom stereocenters. The third-order valence-electron chi connectivity index (χ3n) is 4.95. The van der Waals surface area contributed by atoms with Crippen molar-refractivity contribution >= 4 is 17.6 Å². The predicted molar refractivity (Wildman–Crippen MR) is 104 cm³/mol. The van der Waals surface area contributed by atoms with Crippen molar-refractivity contribution in [1.29, 1.82) is 5.26 Å². The van der Waals surface area contributed by atoms with Crippen LogP contribution in [0.15, 0.2) is 41.4 Å². The fourth-order valence-electron chi connectivity index (χ4n) is 3.39. The maximum absolute atomic E-state index is 12.4. The molecule has 9 nitrogen and oxygen atoms in total. The first-order valence-corrected chi connectivity index (χ1v) is 9.46. The van der Waals surface area contributed by atoms with Gasteiger partial charge in [-0.15, -0.1) is 0 Å². The summed E-state index contributed by atoms with van der Waals surface area (Å²) in [5, 5.41) is 21.2. The molecule has 1 saturated heterocycles. The lowest BCUT2D eigenvalue weighted by atomic mass is 10.0. The summed E-state index contributed by atoms with van der Waals surface area (Å²) in [7, 11) is 0. The van der Waals surface area contributed by atoms with E-state index in [1.807, 2.05) is 0 Å². The minimum Gasteiger partial charge on any atom is -0.368 e. The molecule has 9 heteroatoms. The highest BCUT2D eigenvalue weighted by atomic mass is 16.2. The first kappa shape index (κ1) is 19.5. The summed E-state index contributed by atoms with van der Waals surface area (Å²) in [6.45, 7) is 5.37. The summed E-state index contributed by atoms with van der Waals surface area (Å²) in [6, 6.07) is 1.96. The second kappa shape index (κ2) is 9.08. The average molecular weight is 383 g/mol. The maximum Gasteiger partial charge on any atom is 0.251 e. The maximum atomic E-state index is 12.4. The van der Waals surface area contributed by atoms with Crippen molar-refractivity contribution < 1.29 is 9.59 Å². The van der Waals surface area contributed by atoms with E-state index >= 15 is 0 Å². The van der Waals surface area contributed by atoms with E-state index in [1.165, 1.54) is 6.08 Å². The van der Waals surface area contributed by atoms with Gasteiger partial charge in [-0.25, -0.2) is 4.99 Å². The van der Waals surface area contributed by atoms with Crippen LogP contribution in [0.1, 0.15) is 25.7 Å². The molecule has 3 heterocycles. The number of piperidine rings is 1. The highest BCUT2D eigenvalue weighted by molar-refractivity contribution is 6.08. The number of carbonyl (C=O) groups is 2. The van der Waals surface area contributed by atoms with Crippen LogP contribution < -0.4 is 21.3 Å². The van der Waals surface area contributed by atoms with Gasteiger partial charge >= 0.3 is 0 Å². The second-order valence-corrected chi connectivity index (χ2v) is 6.84. The molecule has 1 fully saturated rings. The highest BCUT2D eigenvalue weighted by Crippen LogP contribution is 2.17. The largest absolute Gasteiger partial charge is 0.368 e. The molecule has 3 rings (SSSR count). The molecule has 0 aliphatic carbocycles. The Morgan fingerprint density at radius 1 is 1.43 bits per heavy atom. The van der Waals surface area contributed by atoms with E-state index < -0.39 is 0 Å². The standard InChI is InChI=1S/C19H25N7O2/c1-2-16(27)26-9-5-13(6-10-26)24-15-12-23-18-17(25-15)14(11-22-18)19(28)21-8-4-3-7-20/h2,11-13,17,24-25H,1,3-6,8-10H2,(H,21,28)(H,22,23). The molecule has 0 aromatic rings. The quantitative estimate of drug-likeness (QED) is 0.358. The molecule has 0 bridgehead atoms. The third kappa shape index (κ3) is 4.52. The average Bonchev–Trinajstić information content (AvgIpc) is 3.14. The van der Waals surface area contributed by atoms with Crippen molar-refractivity contribution in [3.63, 3.8) is 0 Å². The van der Waals surface area contributed by atoms with Crippen LogP contribution in [0.5, 0.6) is 0 Å². The van der Waals surface area contributed by atoms with E-state index in [4.69, 9.17) is 5.26 Å². The van der Waals surface area contributed by atoms with E-state index in [0.717, 1.165) is 18.7 Å². The number of hydrogen-bond donors (Lipinski definition) is 4.